The molecule has 2 aromatic carbocycles. The third-order valence-electron chi connectivity index (χ3n) is 4.83. The van der Waals surface area contributed by atoms with Crippen LogP contribution in [0.5, 0.6) is 11.5 Å². The van der Waals surface area contributed by atoms with Crippen LogP contribution in [-0.4, -0.2) is 28.9 Å². The third kappa shape index (κ3) is 3.84. The van der Waals surface area contributed by atoms with Gasteiger partial charge in [-0.3, -0.25) is 0 Å². The molecule has 0 aromatic heterocycles. The fourth-order valence-electron chi connectivity index (χ4n) is 3.45. The van der Waals surface area contributed by atoms with E-state index in [1.54, 1.807) is 31.2 Å². The van der Waals surface area contributed by atoms with Crippen molar-refractivity contribution in [3.05, 3.63) is 82.3 Å². The Hall–Kier alpha value is -1.39. The van der Waals surface area contributed by atoms with Crippen LogP contribution in [0.1, 0.15) is 28.4 Å². The summed E-state index contributed by atoms with van der Waals surface area (Å²) < 4.78 is 13.2. The first-order chi connectivity index (χ1) is 14.8. The molecule has 1 heterocycles. The molecule has 1 atom stereocenters. The maximum absolute atomic E-state index is 12.7. The number of phenolic OH excluding ortho intramolecular Hbond substituents is 1. The Labute approximate surface area is 212 Å². The summed E-state index contributed by atoms with van der Waals surface area (Å²) in [5, 5.41) is 20.9. The first-order valence-corrected chi connectivity index (χ1v) is 12.3. The van der Waals surface area contributed by atoms with Crippen LogP contribution < -0.4 is 4.74 Å². The number of carbonyl (C=O) groups excluding carboxylic acids is 1. The number of rotatable bonds is 3. The first-order valence-electron chi connectivity index (χ1n) is 9.11. The molecular formula is C22H14Br4O5. The summed E-state index contributed by atoms with van der Waals surface area (Å²) in [5.74, 6) is 0.285. The highest BCUT2D eigenvalue weighted by Gasteiger charge is 2.36. The summed E-state index contributed by atoms with van der Waals surface area (Å²) in [4.78, 5) is 12.7. The van der Waals surface area contributed by atoms with Crippen molar-refractivity contribution < 1.29 is 24.5 Å². The molecule has 0 spiro atoms. The van der Waals surface area contributed by atoms with E-state index in [0.29, 0.717) is 57.3 Å². The number of fused-ring (bicyclic) bond motifs is 2. The number of ether oxygens (including phenoxy) is 2. The highest BCUT2D eigenvalue weighted by Crippen LogP contribution is 2.53. The first kappa shape index (κ1) is 22.8. The van der Waals surface area contributed by atoms with Gasteiger partial charge in [-0.2, -0.15) is 0 Å². The van der Waals surface area contributed by atoms with Crippen molar-refractivity contribution in [2.45, 2.75) is 13.0 Å². The second kappa shape index (κ2) is 8.86. The maximum Gasteiger partial charge on any atom is 0.338 e. The number of aromatic hydroxyl groups is 1. The average molecular weight is 678 g/mol. The molecule has 0 amide bonds. The van der Waals surface area contributed by atoms with Crippen LogP contribution in [0.4, 0.5) is 0 Å². The number of hydrogen-bond acceptors (Lipinski definition) is 5. The van der Waals surface area contributed by atoms with E-state index in [4.69, 9.17) is 9.47 Å². The van der Waals surface area contributed by atoms with Gasteiger partial charge in [0.25, 0.3) is 0 Å². The van der Waals surface area contributed by atoms with Crippen molar-refractivity contribution in [2.24, 2.45) is 0 Å². The van der Waals surface area contributed by atoms with E-state index >= 15 is 0 Å². The predicted molar refractivity (Wildman–Crippen MR) is 132 cm³/mol. The smallest absolute Gasteiger partial charge is 0.338 e. The summed E-state index contributed by atoms with van der Waals surface area (Å²) in [6, 6.07) is 8.87. The van der Waals surface area contributed by atoms with E-state index in [1.165, 1.54) is 0 Å². The molecule has 31 heavy (non-hydrogen) atoms. The molecule has 5 nitrogen and oxygen atoms in total. The number of carbonyl (C=O) groups is 1. The Balaban J connectivity index is 2.12. The van der Waals surface area contributed by atoms with Gasteiger partial charge in [0.2, 0.25) is 0 Å². The number of aliphatic hydroxyl groups is 1. The Morgan fingerprint density at radius 2 is 1.87 bits per heavy atom. The normalized spacial score (nSPS) is 17.6. The molecule has 2 aliphatic rings. The molecule has 0 saturated carbocycles. The lowest BCUT2D eigenvalue weighted by Gasteiger charge is -2.31. The molecule has 0 fully saturated rings. The molecule has 2 aromatic rings. The number of esters is 1. The van der Waals surface area contributed by atoms with E-state index in [0.717, 1.165) is 0 Å². The van der Waals surface area contributed by atoms with E-state index in [-0.39, 0.29) is 12.4 Å². The molecular weight excluding hydrogens is 664 g/mol. The fraction of sp³-hybridized carbons (Fsp3) is 0.136. The maximum atomic E-state index is 12.7. The third-order valence-corrected chi connectivity index (χ3v) is 7.63. The minimum atomic E-state index is -0.940. The summed E-state index contributed by atoms with van der Waals surface area (Å²) in [5.41, 5.74) is 3.04. The van der Waals surface area contributed by atoms with Gasteiger partial charge >= 0.3 is 5.97 Å². The quantitative estimate of drug-likeness (QED) is 0.361. The summed E-state index contributed by atoms with van der Waals surface area (Å²) in [6.45, 7) is 2.00. The minimum absolute atomic E-state index is 0.0231. The Kier molecular flexibility index (Phi) is 6.52. The molecule has 1 aliphatic heterocycles. The van der Waals surface area contributed by atoms with Crippen molar-refractivity contribution >= 4 is 75.3 Å². The van der Waals surface area contributed by atoms with E-state index in [1.807, 2.05) is 12.1 Å². The van der Waals surface area contributed by atoms with Crippen LogP contribution >= 0.6 is 63.7 Å². The van der Waals surface area contributed by atoms with Crippen LogP contribution in [0.3, 0.4) is 0 Å². The number of halogens is 4. The van der Waals surface area contributed by atoms with Crippen LogP contribution in [0.15, 0.2) is 65.7 Å². The van der Waals surface area contributed by atoms with Gasteiger partial charge in [-0.1, -0.05) is 34.1 Å². The highest BCUT2D eigenvalue weighted by atomic mass is 79.9. The molecule has 0 bridgehead atoms. The molecule has 1 unspecified atom stereocenters. The average Bonchev–Trinajstić information content (AvgIpc) is 2.75. The van der Waals surface area contributed by atoms with E-state index in [9.17, 15) is 15.0 Å². The van der Waals surface area contributed by atoms with Crippen molar-refractivity contribution in [1.82, 2.24) is 0 Å². The molecule has 0 saturated heterocycles. The predicted octanol–water partition coefficient (Wildman–Crippen LogP) is 6.55. The molecule has 160 valence electrons. The fourth-order valence-corrected chi connectivity index (χ4v) is 5.96. The Morgan fingerprint density at radius 1 is 1.16 bits per heavy atom. The van der Waals surface area contributed by atoms with Crippen molar-refractivity contribution in [1.29, 1.82) is 0 Å². The number of hydrogen-bond donors (Lipinski definition) is 2. The van der Waals surface area contributed by atoms with Gasteiger partial charge in [-0.25, -0.2) is 4.79 Å². The summed E-state index contributed by atoms with van der Waals surface area (Å²) in [6.07, 6.45) is 0.823. The monoisotopic (exact) mass is 674 g/mol. The number of benzene rings is 2. The lowest BCUT2D eigenvalue weighted by Crippen LogP contribution is -2.21. The van der Waals surface area contributed by atoms with Gasteiger partial charge < -0.3 is 19.7 Å². The molecule has 2 N–H and O–H groups in total. The Morgan fingerprint density at radius 3 is 2.58 bits per heavy atom. The van der Waals surface area contributed by atoms with E-state index < -0.39 is 12.1 Å². The van der Waals surface area contributed by atoms with Gasteiger partial charge in [0.05, 0.1) is 21.1 Å². The topological polar surface area (TPSA) is 76.0 Å². The van der Waals surface area contributed by atoms with Crippen LogP contribution in [-0.2, 0) is 4.74 Å². The standard InChI is InChI=1S/C22H14Br4O5/c1-2-30-22(29)10-6-4-3-5-9(10)15-11-7-13(23)18(27)16(25)20(11)31-21-12(15)8-14(24)19(28)17(21)26/h3-8,18,27-28H,2H2,1H3. The zero-order chi connectivity index (χ0) is 22.4. The number of aliphatic hydroxyl groups excluding tert-OH is 1. The van der Waals surface area contributed by atoms with Crippen LogP contribution in [0.2, 0.25) is 0 Å². The second-order valence-electron chi connectivity index (χ2n) is 6.66. The molecule has 0 radical (unpaired) electrons. The van der Waals surface area contributed by atoms with Crippen molar-refractivity contribution in [2.75, 3.05) is 6.61 Å². The molecule has 9 heteroatoms. The molecule has 1 aliphatic carbocycles. The van der Waals surface area contributed by atoms with Crippen LogP contribution in [0.25, 0.3) is 5.57 Å². The molecule has 4 rings (SSSR count). The lowest BCUT2D eigenvalue weighted by atomic mass is 9.85. The van der Waals surface area contributed by atoms with Crippen molar-refractivity contribution in [3.63, 3.8) is 0 Å². The SMILES string of the molecule is CCOC(=O)c1ccccc1C1=C2C=C(Br)C(O)C(Br)=C2Oc2c1cc(Br)c(O)c2Br. The van der Waals surface area contributed by atoms with Gasteiger partial charge in [-0.05, 0) is 78.5 Å². The van der Waals surface area contributed by atoms with Gasteiger partial charge in [-0.15, -0.1) is 0 Å². The number of allylic oxidation sites excluding steroid dienone is 1. The number of phenols is 1. The summed E-state index contributed by atoms with van der Waals surface area (Å²) in [7, 11) is 0. The summed E-state index contributed by atoms with van der Waals surface area (Å²) >= 11 is 13.6. The minimum Gasteiger partial charge on any atom is -0.505 e. The zero-order valence-corrected chi connectivity index (χ0v) is 22.2. The van der Waals surface area contributed by atoms with Gasteiger partial charge in [0.15, 0.2) is 5.75 Å². The van der Waals surface area contributed by atoms with Crippen LogP contribution in [0, 0.1) is 0 Å². The van der Waals surface area contributed by atoms with E-state index in [2.05, 4.69) is 63.7 Å². The highest BCUT2D eigenvalue weighted by molar-refractivity contribution is 9.12. The largest absolute Gasteiger partial charge is 0.505 e. The Bertz CT molecular complexity index is 1210. The zero-order valence-electron chi connectivity index (χ0n) is 15.9. The van der Waals surface area contributed by atoms with Gasteiger partial charge in [0.1, 0.15) is 22.1 Å². The van der Waals surface area contributed by atoms with Gasteiger partial charge in [0, 0.05) is 21.2 Å². The lowest BCUT2D eigenvalue weighted by molar-refractivity contribution is 0.0526. The second-order valence-corrected chi connectivity index (χ2v) is 10.1. The van der Waals surface area contributed by atoms with Crippen molar-refractivity contribution in [3.8, 4) is 11.5 Å².